The van der Waals surface area contributed by atoms with Crippen molar-refractivity contribution in [2.24, 2.45) is 0 Å². The van der Waals surface area contributed by atoms with E-state index in [1.165, 1.54) is 0 Å². The van der Waals surface area contributed by atoms with Crippen LogP contribution in [0.1, 0.15) is 18.5 Å². The summed E-state index contributed by atoms with van der Waals surface area (Å²) in [5, 5.41) is 8.05. The van der Waals surface area contributed by atoms with Crippen molar-refractivity contribution in [1.29, 1.82) is 0 Å². The van der Waals surface area contributed by atoms with Gasteiger partial charge in [0.05, 0.1) is 11.1 Å². The number of hydrogen-bond donors (Lipinski definition) is 3. The number of H-pyrrole nitrogens is 1. The third-order valence-electron chi connectivity index (χ3n) is 3.66. The maximum atomic E-state index is 11.8. The SMILES string of the molecule is CC(NS(=O)O)c1ccc(-c2n[nH]c(=O)c3ccccc23)cc1. The van der Waals surface area contributed by atoms with E-state index in [1.54, 1.807) is 13.0 Å². The molecule has 3 N–H and O–H groups in total. The zero-order valence-corrected chi connectivity index (χ0v) is 13.1. The maximum Gasteiger partial charge on any atom is 0.272 e. The van der Waals surface area contributed by atoms with Gasteiger partial charge in [-0.2, -0.15) is 5.10 Å². The molecule has 0 radical (unpaired) electrons. The lowest BCUT2D eigenvalue weighted by atomic mass is 10.0. The minimum absolute atomic E-state index is 0.218. The molecule has 2 unspecified atom stereocenters. The van der Waals surface area contributed by atoms with Crippen molar-refractivity contribution >= 4 is 22.0 Å². The number of nitrogens with one attached hydrogen (secondary N) is 2. The maximum absolute atomic E-state index is 11.8. The highest BCUT2D eigenvalue weighted by molar-refractivity contribution is 7.77. The third-order valence-corrected chi connectivity index (χ3v) is 4.21. The molecule has 2 aromatic carbocycles. The smallest absolute Gasteiger partial charge is 0.272 e. The normalized spacial score (nSPS) is 13.8. The van der Waals surface area contributed by atoms with Gasteiger partial charge in [0, 0.05) is 17.0 Å². The van der Waals surface area contributed by atoms with Gasteiger partial charge in [0.15, 0.2) is 0 Å². The summed E-state index contributed by atoms with van der Waals surface area (Å²) in [4.78, 5) is 11.8. The molecule has 0 aliphatic heterocycles. The van der Waals surface area contributed by atoms with E-state index in [0.717, 1.165) is 16.5 Å². The summed E-state index contributed by atoms with van der Waals surface area (Å²) in [6.45, 7) is 1.80. The first kappa shape index (κ1) is 15.5. The molecule has 0 saturated heterocycles. The van der Waals surface area contributed by atoms with Gasteiger partial charge in [0.25, 0.3) is 5.56 Å². The van der Waals surface area contributed by atoms with E-state index in [4.69, 9.17) is 4.55 Å². The van der Waals surface area contributed by atoms with E-state index in [0.29, 0.717) is 11.1 Å². The average Bonchev–Trinajstić information content (AvgIpc) is 2.55. The Morgan fingerprint density at radius 3 is 2.43 bits per heavy atom. The van der Waals surface area contributed by atoms with Crippen LogP contribution in [-0.4, -0.2) is 19.0 Å². The van der Waals surface area contributed by atoms with Gasteiger partial charge in [-0.3, -0.25) is 9.35 Å². The van der Waals surface area contributed by atoms with Gasteiger partial charge in [-0.1, -0.05) is 42.5 Å². The van der Waals surface area contributed by atoms with Crippen molar-refractivity contribution in [3.05, 3.63) is 64.4 Å². The Bertz CT molecular complexity index is 922. The second-order valence-electron chi connectivity index (χ2n) is 5.16. The molecule has 0 fully saturated rings. The van der Waals surface area contributed by atoms with Crippen LogP contribution in [0, 0.1) is 0 Å². The van der Waals surface area contributed by atoms with Crippen LogP contribution in [0.5, 0.6) is 0 Å². The zero-order valence-electron chi connectivity index (χ0n) is 12.3. The number of nitrogens with zero attached hydrogens (tertiary/aromatic N) is 1. The molecular weight excluding hydrogens is 314 g/mol. The minimum Gasteiger partial charge on any atom is -0.294 e. The first-order chi connectivity index (χ1) is 11.1. The Labute approximate surface area is 135 Å². The zero-order chi connectivity index (χ0) is 16.4. The Balaban J connectivity index is 2.02. The summed E-state index contributed by atoms with van der Waals surface area (Å²) in [6.07, 6.45) is 0. The van der Waals surface area contributed by atoms with Gasteiger partial charge in [-0.25, -0.2) is 14.0 Å². The number of aromatic nitrogens is 2. The second kappa shape index (κ2) is 6.41. The average molecular weight is 329 g/mol. The molecule has 0 aliphatic rings. The quantitative estimate of drug-likeness (QED) is 0.640. The lowest BCUT2D eigenvalue weighted by molar-refractivity contribution is 0.536. The van der Waals surface area contributed by atoms with Crippen LogP contribution in [0.4, 0.5) is 0 Å². The molecule has 0 amide bonds. The summed E-state index contributed by atoms with van der Waals surface area (Å²) in [6, 6.07) is 14.5. The molecule has 23 heavy (non-hydrogen) atoms. The van der Waals surface area contributed by atoms with E-state index in [-0.39, 0.29) is 11.6 Å². The van der Waals surface area contributed by atoms with E-state index in [2.05, 4.69) is 14.9 Å². The molecule has 3 aromatic rings. The van der Waals surface area contributed by atoms with Crippen LogP contribution in [0.2, 0.25) is 0 Å². The fourth-order valence-electron chi connectivity index (χ4n) is 2.48. The summed E-state index contributed by atoms with van der Waals surface area (Å²) in [5.74, 6) is 0. The van der Waals surface area contributed by atoms with Gasteiger partial charge in [0.2, 0.25) is 11.3 Å². The molecule has 118 valence electrons. The molecule has 1 aromatic heterocycles. The van der Waals surface area contributed by atoms with Crippen LogP contribution in [0.25, 0.3) is 22.0 Å². The highest BCUT2D eigenvalue weighted by atomic mass is 32.2. The molecule has 0 bridgehead atoms. The van der Waals surface area contributed by atoms with Gasteiger partial charge in [-0.05, 0) is 18.6 Å². The number of benzene rings is 2. The minimum atomic E-state index is -2.06. The summed E-state index contributed by atoms with van der Waals surface area (Å²) in [5.41, 5.74) is 2.21. The van der Waals surface area contributed by atoms with Crippen LogP contribution < -0.4 is 10.3 Å². The molecule has 0 aliphatic carbocycles. The van der Waals surface area contributed by atoms with Crippen LogP contribution >= 0.6 is 0 Å². The third kappa shape index (κ3) is 3.21. The van der Waals surface area contributed by atoms with Crippen molar-refractivity contribution in [3.63, 3.8) is 0 Å². The lowest BCUT2D eigenvalue weighted by Crippen LogP contribution is -2.20. The van der Waals surface area contributed by atoms with Gasteiger partial charge in [-0.15, -0.1) is 0 Å². The highest BCUT2D eigenvalue weighted by Crippen LogP contribution is 2.25. The van der Waals surface area contributed by atoms with Gasteiger partial charge >= 0.3 is 0 Å². The van der Waals surface area contributed by atoms with Crippen molar-refractivity contribution < 1.29 is 8.76 Å². The number of rotatable bonds is 4. The largest absolute Gasteiger partial charge is 0.294 e. The monoisotopic (exact) mass is 329 g/mol. The van der Waals surface area contributed by atoms with Gasteiger partial charge in [0.1, 0.15) is 0 Å². The first-order valence-corrected chi connectivity index (χ1v) is 8.11. The first-order valence-electron chi connectivity index (χ1n) is 7.01. The fraction of sp³-hybridized carbons (Fsp3) is 0.125. The van der Waals surface area contributed by atoms with Crippen molar-refractivity contribution in [1.82, 2.24) is 14.9 Å². The van der Waals surface area contributed by atoms with Crippen LogP contribution in [0.15, 0.2) is 53.3 Å². The molecular formula is C16H15N3O3S. The summed E-state index contributed by atoms with van der Waals surface area (Å²) in [7, 11) is 0. The lowest BCUT2D eigenvalue weighted by Gasteiger charge is -2.12. The van der Waals surface area contributed by atoms with Crippen molar-refractivity contribution in [3.8, 4) is 11.3 Å². The molecule has 6 nitrogen and oxygen atoms in total. The van der Waals surface area contributed by atoms with Crippen molar-refractivity contribution in [2.75, 3.05) is 0 Å². The Hall–Kier alpha value is -2.35. The number of fused-ring (bicyclic) bond motifs is 1. The predicted octanol–water partition coefficient (Wildman–Crippen LogP) is 2.38. The molecule has 3 rings (SSSR count). The van der Waals surface area contributed by atoms with E-state index in [1.807, 2.05) is 42.5 Å². The highest BCUT2D eigenvalue weighted by Gasteiger charge is 2.10. The van der Waals surface area contributed by atoms with Crippen LogP contribution in [0.3, 0.4) is 0 Å². The molecule has 1 heterocycles. The topological polar surface area (TPSA) is 95.1 Å². The van der Waals surface area contributed by atoms with Crippen molar-refractivity contribution in [2.45, 2.75) is 13.0 Å². The molecule has 7 heteroatoms. The second-order valence-corrected chi connectivity index (χ2v) is 5.89. The number of aromatic amines is 1. The number of hydrogen-bond acceptors (Lipinski definition) is 3. The Morgan fingerprint density at radius 2 is 1.78 bits per heavy atom. The van der Waals surface area contributed by atoms with Crippen LogP contribution in [-0.2, 0) is 11.3 Å². The van der Waals surface area contributed by atoms with Gasteiger partial charge < -0.3 is 0 Å². The van der Waals surface area contributed by atoms with E-state index in [9.17, 15) is 9.00 Å². The Morgan fingerprint density at radius 1 is 1.13 bits per heavy atom. The standard InChI is InChI=1S/C16H15N3O3S/c1-10(19-23(21)22)11-6-8-12(9-7-11)15-13-4-2-3-5-14(13)16(20)18-17-15/h2-10,19H,1H3,(H,18,20)(H,21,22). The molecule has 2 atom stereocenters. The predicted molar refractivity (Wildman–Crippen MR) is 90.1 cm³/mol. The fourth-order valence-corrected chi connectivity index (χ4v) is 2.92. The molecule has 0 saturated carbocycles. The Kier molecular flexibility index (Phi) is 4.33. The molecule has 0 spiro atoms. The van der Waals surface area contributed by atoms with E-state index < -0.39 is 11.3 Å². The van der Waals surface area contributed by atoms with E-state index >= 15 is 0 Å². The summed E-state index contributed by atoms with van der Waals surface area (Å²) < 4.78 is 22.2. The summed E-state index contributed by atoms with van der Waals surface area (Å²) >= 11 is -2.06.